The van der Waals surface area contributed by atoms with Crippen molar-refractivity contribution in [3.63, 3.8) is 0 Å². The van der Waals surface area contributed by atoms with Crippen LogP contribution in [0.25, 0.3) is 0 Å². The molecular formula is C17H20FN5O. The number of carbonyl (C=O) groups is 1. The lowest BCUT2D eigenvalue weighted by Crippen LogP contribution is -2.28. The van der Waals surface area contributed by atoms with E-state index in [1.54, 1.807) is 19.0 Å². The Morgan fingerprint density at radius 2 is 2.08 bits per heavy atom. The molecule has 1 aromatic carbocycles. The number of nitrogens with zero attached hydrogens (tertiary/aromatic N) is 4. The Morgan fingerprint density at radius 3 is 2.79 bits per heavy atom. The summed E-state index contributed by atoms with van der Waals surface area (Å²) < 4.78 is 13.6. The molecule has 0 radical (unpaired) electrons. The van der Waals surface area contributed by atoms with E-state index in [1.807, 2.05) is 35.2 Å². The number of likely N-dealkylation sites (tertiary alicyclic amines) is 1. The molecule has 6 nitrogen and oxygen atoms in total. The van der Waals surface area contributed by atoms with E-state index < -0.39 is 5.82 Å². The second-order valence-corrected chi connectivity index (χ2v) is 6.06. The molecular weight excluding hydrogens is 309 g/mol. The van der Waals surface area contributed by atoms with Crippen LogP contribution in [0.3, 0.4) is 0 Å². The van der Waals surface area contributed by atoms with E-state index in [1.165, 1.54) is 0 Å². The number of halogens is 1. The summed E-state index contributed by atoms with van der Waals surface area (Å²) in [6.45, 7) is 1.16. The standard InChI is InChI=1S/C17H20FN5O/c1-22(2)16-14(18)9-19-17(21-16)20-13-8-15(24)23(11-13)10-12-6-4-3-5-7-12/h3-7,9,13H,8,10-11H2,1-2H3,(H,19,20,21)/t13-/m0/s1. The normalized spacial score (nSPS) is 17.2. The first kappa shape index (κ1) is 16.2. The Kier molecular flexibility index (Phi) is 4.59. The fraction of sp³-hybridized carbons (Fsp3) is 0.353. The van der Waals surface area contributed by atoms with Crippen LogP contribution in [0.15, 0.2) is 36.5 Å². The zero-order chi connectivity index (χ0) is 17.1. The van der Waals surface area contributed by atoms with Gasteiger partial charge in [-0.05, 0) is 5.56 Å². The number of aromatic nitrogens is 2. The zero-order valence-electron chi connectivity index (χ0n) is 13.7. The van der Waals surface area contributed by atoms with Gasteiger partial charge in [0.1, 0.15) is 0 Å². The van der Waals surface area contributed by atoms with Crippen LogP contribution < -0.4 is 10.2 Å². The molecule has 2 heterocycles. The van der Waals surface area contributed by atoms with Crippen molar-refractivity contribution >= 4 is 17.7 Å². The molecule has 1 aliphatic rings. The van der Waals surface area contributed by atoms with Crippen molar-refractivity contribution in [2.75, 3.05) is 30.9 Å². The topological polar surface area (TPSA) is 61.4 Å². The predicted molar refractivity (Wildman–Crippen MR) is 90.2 cm³/mol. The van der Waals surface area contributed by atoms with Gasteiger partial charge < -0.3 is 15.1 Å². The minimum Gasteiger partial charge on any atom is -0.360 e. The minimum atomic E-state index is -0.473. The first-order valence-electron chi connectivity index (χ1n) is 7.81. The van der Waals surface area contributed by atoms with Gasteiger partial charge in [-0.25, -0.2) is 9.37 Å². The van der Waals surface area contributed by atoms with Crippen molar-refractivity contribution < 1.29 is 9.18 Å². The molecule has 0 saturated carbocycles. The smallest absolute Gasteiger partial charge is 0.225 e. The molecule has 1 amide bonds. The van der Waals surface area contributed by atoms with Gasteiger partial charge in [0.2, 0.25) is 11.9 Å². The fourth-order valence-corrected chi connectivity index (χ4v) is 2.75. The maximum atomic E-state index is 13.6. The van der Waals surface area contributed by atoms with Gasteiger partial charge in [0.05, 0.1) is 12.2 Å². The summed E-state index contributed by atoms with van der Waals surface area (Å²) in [5, 5.41) is 3.13. The molecule has 24 heavy (non-hydrogen) atoms. The predicted octanol–water partition coefficient (Wildman–Crippen LogP) is 1.89. The summed E-state index contributed by atoms with van der Waals surface area (Å²) in [4.78, 5) is 23.7. The Bertz CT molecular complexity index is 722. The third kappa shape index (κ3) is 3.61. The van der Waals surface area contributed by atoms with Gasteiger partial charge in [-0.2, -0.15) is 4.98 Å². The molecule has 1 fully saturated rings. The highest BCUT2D eigenvalue weighted by Crippen LogP contribution is 2.19. The van der Waals surface area contributed by atoms with Gasteiger partial charge in [0.15, 0.2) is 11.6 Å². The van der Waals surface area contributed by atoms with E-state index in [-0.39, 0.29) is 17.8 Å². The number of nitrogens with one attached hydrogen (secondary N) is 1. The van der Waals surface area contributed by atoms with Crippen molar-refractivity contribution in [1.82, 2.24) is 14.9 Å². The maximum absolute atomic E-state index is 13.6. The van der Waals surface area contributed by atoms with E-state index in [0.29, 0.717) is 25.5 Å². The molecule has 1 atom stereocenters. The molecule has 0 unspecified atom stereocenters. The van der Waals surface area contributed by atoms with E-state index >= 15 is 0 Å². The van der Waals surface area contributed by atoms with Gasteiger partial charge in [0.25, 0.3) is 0 Å². The third-order valence-electron chi connectivity index (χ3n) is 3.91. The highest BCUT2D eigenvalue weighted by atomic mass is 19.1. The average Bonchev–Trinajstić information content (AvgIpc) is 2.89. The Labute approximate surface area is 140 Å². The van der Waals surface area contributed by atoms with Crippen LogP contribution in [0.1, 0.15) is 12.0 Å². The molecule has 0 aliphatic carbocycles. The van der Waals surface area contributed by atoms with E-state index in [0.717, 1.165) is 11.8 Å². The lowest BCUT2D eigenvalue weighted by Gasteiger charge is -2.18. The van der Waals surface area contributed by atoms with Gasteiger partial charge in [-0.15, -0.1) is 0 Å². The largest absolute Gasteiger partial charge is 0.360 e. The monoisotopic (exact) mass is 329 g/mol. The van der Waals surface area contributed by atoms with Crippen molar-refractivity contribution in [2.45, 2.75) is 19.0 Å². The van der Waals surface area contributed by atoms with Crippen LogP contribution in [-0.2, 0) is 11.3 Å². The molecule has 1 N–H and O–H groups in total. The molecule has 126 valence electrons. The van der Waals surface area contributed by atoms with Crippen LogP contribution in [0, 0.1) is 5.82 Å². The van der Waals surface area contributed by atoms with Crippen molar-refractivity contribution in [2.24, 2.45) is 0 Å². The Morgan fingerprint density at radius 1 is 1.33 bits per heavy atom. The van der Waals surface area contributed by atoms with Crippen LogP contribution in [0.2, 0.25) is 0 Å². The average molecular weight is 329 g/mol. The molecule has 3 rings (SSSR count). The second-order valence-electron chi connectivity index (χ2n) is 6.06. The molecule has 1 saturated heterocycles. The van der Waals surface area contributed by atoms with Crippen molar-refractivity contribution in [1.29, 1.82) is 0 Å². The quantitative estimate of drug-likeness (QED) is 0.908. The number of carbonyl (C=O) groups excluding carboxylic acids is 1. The van der Waals surface area contributed by atoms with Crippen LogP contribution >= 0.6 is 0 Å². The number of benzene rings is 1. The van der Waals surface area contributed by atoms with Gasteiger partial charge >= 0.3 is 0 Å². The van der Waals surface area contributed by atoms with Crippen LogP contribution in [0.5, 0.6) is 0 Å². The van der Waals surface area contributed by atoms with Crippen molar-refractivity contribution in [3.05, 3.63) is 47.9 Å². The van der Waals surface area contributed by atoms with Gasteiger partial charge in [-0.1, -0.05) is 30.3 Å². The molecule has 1 aromatic heterocycles. The molecule has 0 bridgehead atoms. The Balaban J connectivity index is 1.65. The molecule has 1 aliphatic heterocycles. The lowest BCUT2D eigenvalue weighted by molar-refractivity contribution is -0.128. The van der Waals surface area contributed by atoms with E-state index in [2.05, 4.69) is 15.3 Å². The minimum absolute atomic E-state index is 0.0818. The summed E-state index contributed by atoms with van der Waals surface area (Å²) in [6, 6.07) is 9.79. The van der Waals surface area contributed by atoms with Crippen molar-refractivity contribution in [3.8, 4) is 0 Å². The first-order chi connectivity index (χ1) is 11.5. The molecule has 2 aromatic rings. The van der Waals surface area contributed by atoms with Crippen LogP contribution in [0.4, 0.5) is 16.2 Å². The number of rotatable bonds is 5. The lowest BCUT2D eigenvalue weighted by atomic mass is 10.2. The fourth-order valence-electron chi connectivity index (χ4n) is 2.75. The number of hydrogen-bond acceptors (Lipinski definition) is 5. The highest BCUT2D eigenvalue weighted by Gasteiger charge is 2.30. The van der Waals surface area contributed by atoms with Gasteiger partial charge in [-0.3, -0.25) is 4.79 Å². The summed E-state index contributed by atoms with van der Waals surface area (Å²) in [6.07, 6.45) is 1.52. The van der Waals surface area contributed by atoms with E-state index in [4.69, 9.17) is 0 Å². The summed E-state index contributed by atoms with van der Waals surface area (Å²) in [7, 11) is 3.44. The Hall–Kier alpha value is -2.70. The summed E-state index contributed by atoms with van der Waals surface area (Å²) >= 11 is 0. The molecule has 0 spiro atoms. The number of anilines is 2. The van der Waals surface area contributed by atoms with Crippen LogP contribution in [-0.4, -0.2) is 47.5 Å². The maximum Gasteiger partial charge on any atom is 0.225 e. The highest BCUT2D eigenvalue weighted by molar-refractivity contribution is 5.79. The van der Waals surface area contributed by atoms with Gasteiger partial charge in [0, 0.05) is 33.6 Å². The first-order valence-corrected chi connectivity index (χ1v) is 7.81. The SMILES string of the molecule is CN(C)c1nc(N[C@H]2CC(=O)N(Cc3ccccc3)C2)ncc1F. The number of hydrogen-bond donors (Lipinski definition) is 1. The number of amides is 1. The molecule has 7 heteroatoms. The zero-order valence-corrected chi connectivity index (χ0v) is 13.7. The van der Waals surface area contributed by atoms with E-state index in [9.17, 15) is 9.18 Å². The second kappa shape index (κ2) is 6.82. The third-order valence-corrected chi connectivity index (χ3v) is 3.91. The summed E-state index contributed by atoms with van der Waals surface area (Å²) in [5.74, 6) is 0.169. The summed E-state index contributed by atoms with van der Waals surface area (Å²) in [5.41, 5.74) is 1.10.